The lowest BCUT2D eigenvalue weighted by Gasteiger charge is -2.11. The number of halogens is 2. The van der Waals surface area contributed by atoms with Crippen molar-refractivity contribution < 1.29 is 14.6 Å². The number of carboxylic acid groups (broad SMARTS) is 1. The first-order chi connectivity index (χ1) is 8.52. The summed E-state index contributed by atoms with van der Waals surface area (Å²) in [7, 11) is 0. The van der Waals surface area contributed by atoms with E-state index < -0.39 is 12.0 Å². The number of hydrogen-bond acceptors (Lipinski definition) is 3. The second-order valence-corrected chi connectivity index (χ2v) is 4.78. The molecule has 0 amide bonds. The topological polar surface area (TPSA) is 72.5 Å². The van der Waals surface area contributed by atoms with Crippen LogP contribution in [0.15, 0.2) is 24.3 Å². The van der Waals surface area contributed by atoms with Gasteiger partial charge in [0.05, 0.1) is 5.38 Å². The van der Waals surface area contributed by atoms with Crippen LogP contribution < -0.4 is 10.5 Å². The first-order valence-corrected chi connectivity index (χ1v) is 6.40. The van der Waals surface area contributed by atoms with E-state index in [2.05, 4.69) is 0 Å². The Kier molecular flexibility index (Phi) is 6.25. The van der Waals surface area contributed by atoms with Crippen molar-refractivity contribution >= 4 is 29.2 Å². The predicted molar refractivity (Wildman–Crippen MR) is 71.6 cm³/mol. The summed E-state index contributed by atoms with van der Waals surface area (Å²) in [6.45, 7) is 0.305. The Morgan fingerprint density at radius 2 is 2.22 bits per heavy atom. The average Bonchev–Trinajstić information content (AvgIpc) is 2.36. The van der Waals surface area contributed by atoms with E-state index in [4.69, 9.17) is 38.8 Å². The van der Waals surface area contributed by atoms with E-state index in [-0.39, 0.29) is 11.8 Å². The molecule has 0 heterocycles. The van der Waals surface area contributed by atoms with Crippen LogP contribution in [0.1, 0.15) is 5.56 Å². The van der Waals surface area contributed by atoms with Gasteiger partial charge in [0.15, 0.2) is 0 Å². The van der Waals surface area contributed by atoms with E-state index >= 15 is 0 Å². The van der Waals surface area contributed by atoms with Gasteiger partial charge in [-0.2, -0.15) is 0 Å². The van der Waals surface area contributed by atoms with Crippen molar-refractivity contribution in [2.45, 2.75) is 17.8 Å². The van der Waals surface area contributed by atoms with E-state index in [1.165, 1.54) is 0 Å². The molecular weight excluding hydrogens is 277 g/mol. The Bertz CT molecular complexity index is 401. The van der Waals surface area contributed by atoms with Crippen molar-refractivity contribution in [3.63, 3.8) is 0 Å². The van der Waals surface area contributed by atoms with E-state index in [1.807, 2.05) is 0 Å². The van der Waals surface area contributed by atoms with E-state index in [9.17, 15) is 4.79 Å². The predicted octanol–water partition coefficient (Wildman–Crippen LogP) is 1.87. The summed E-state index contributed by atoms with van der Waals surface area (Å²) < 4.78 is 5.44. The van der Waals surface area contributed by atoms with Crippen LogP contribution in [0.4, 0.5) is 0 Å². The fourth-order valence-electron chi connectivity index (χ4n) is 1.33. The summed E-state index contributed by atoms with van der Waals surface area (Å²) in [4.78, 5) is 10.7. The number of hydrogen-bond donors (Lipinski definition) is 2. The Balaban J connectivity index is 2.59. The van der Waals surface area contributed by atoms with Crippen molar-refractivity contribution in [2.24, 2.45) is 5.73 Å². The molecule has 1 unspecified atom stereocenters. The van der Waals surface area contributed by atoms with E-state index in [0.717, 1.165) is 5.56 Å². The average molecular weight is 292 g/mol. The molecule has 1 aromatic rings. The summed E-state index contributed by atoms with van der Waals surface area (Å²) in [5.41, 5.74) is 6.27. The molecule has 0 aromatic heterocycles. The lowest BCUT2D eigenvalue weighted by atomic mass is 10.1. The number of nitrogens with two attached hydrogens (primary N) is 1. The molecule has 100 valence electrons. The van der Waals surface area contributed by atoms with Gasteiger partial charge >= 0.3 is 5.97 Å². The van der Waals surface area contributed by atoms with Crippen molar-refractivity contribution in [1.29, 1.82) is 0 Å². The first kappa shape index (κ1) is 15.1. The molecule has 4 nitrogen and oxygen atoms in total. The zero-order valence-electron chi connectivity index (χ0n) is 9.68. The molecule has 0 fully saturated rings. The minimum absolute atomic E-state index is 0.253. The van der Waals surface area contributed by atoms with Crippen LogP contribution in [-0.2, 0) is 11.2 Å². The maximum atomic E-state index is 10.7. The van der Waals surface area contributed by atoms with Gasteiger partial charge in [-0.05, 0) is 24.1 Å². The monoisotopic (exact) mass is 291 g/mol. The van der Waals surface area contributed by atoms with Gasteiger partial charge in [-0.15, -0.1) is 23.2 Å². The van der Waals surface area contributed by atoms with Crippen LogP contribution in [0.5, 0.6) is 5.75 Å². The fraction of sp³-hybridized carbons (Fsp3) is 0.417. The van der Waals surface area contributed by atoms with Crippen molar-refractivity contribution in [1.82, 2.24) is 0 Å². The molecule has 0 aliphatic heterocycles. The summed E-state index contributed by atoms with van der Waals surface area (Å²) in [5.74, 6) is -0.0874. The van der Waals surface area contributed by atoms with E-state index in [0.29, 0.717) is 18.2 Å². The third kappa shape index (κ3) is 5.12. The summed E-state index contributed by atoms with van der Waals surface area (Å²) >= 11 is 11.4. The molecule has 0 saturated carbocycles. The highest BCUT2D eigenvalue weighted by Gasteiger charge is 2.12. The molecule has 0 aliphatic rings. The second-order valence-electron chi connectivity index (χ2n) is 3.86. The standard InChI is InChI=1S/C12H15Cl2NO3/c13-6-9(14)7-18-10-3-1-2-8(4-10)5-11(15)12(16)17/h1-4,9,11H,5-7,15H2,(H,16,17)/t9?,11-/m0/s1. The van der Waals surface area contributed by atoms with Crippen molar-refractivity contribution in [3.05, 3.63) is 29.8 Å². The number of benzene rings is 1. The van der Waals surface area contributed by atoms with Crippen LogP contribution in [-0.4, -0.2) is 35.0 Å². The van der Waals surface area contributed by atoms with Crippen molar-refractivity contribution in [2.75, 3.05) is 12.5 Å². The highest BCUT2D eigenvalue weighted by Crippen LogP contribution is 2.15. The van der Waals surface area contributed by atoms with Gasteiger partial charge in [-0.3, -0.25) is 4.79 Å². The van der Waals surface area contributed by atoms with Crippen LogP contribution in [0.3, 0.4) is 0 Å². The molecule has 0 bridgehead atoms. The van der Waals surface area contributed by atoms with Gasteiger partial charge in [0.2, 0.25) is 0 Å². The van der Waals surface area contributed by atoms with Gasteiger partial charge in [0.25, 0.3) is 0 Å². The molecule has 1 aromatic carbocycles. The zero-order chi connectivity index (χ0) is 13.5. The second kappa shape index (κ2) is 7.46. The number of rotatable bonds is 7. The van der Waals surface area contributed by atoms with Gasteiger partial charge in [0, 0.05) is 5.88 Å². The minimum atomic E-state index is -1.02. The molecule has 2 atom stereocenters. The third-order valence-corrected chi connectivity index (χ3v) is 3.08. The number of aliphatic carboxylic acids is 1. The Hall–Kier alpha value is -0.970. The summed E-state index contributed by atoms with van der Waals surface area (Å²) in [6, 6.07) is 6.19. The maximum Gasteiger partial charge on any atom is 0.320 e. The maximum absolute atomic E-state index is 10.7. The third-order valence-electron chi connectivity index (χ3n) is 2.27. The Morgan fingerprint density at radius 3 is 2.83 bits per heavy atom. The molecule has 1 rings (SSSR count). The zero-order valence-corrected chi connectivity index (χ0v) is 11.2. The Morgan fingerprint density at radius 1 is 1.50 bits per heavy atom. The van der Waals surface area contributed by atoms with Crippen LogP contribution in [0.2, 0.25) is 0 Å². The van der Waals surface area contributed by atoms with Gasteiger partial charge in [0.1, 0.15) is 18.4 Å². The molecule has 0 spiro atoms. The molecular formula is C12H15Cl2NO3. The first-order valence-electron chi connectivity index (χ1n) is 5.43. The summed E-state index contributed by atoms with van der Waals surface area (Å²) in [6.07, 6.45) is 0.256. The van der Waals surface area contributed by atoms with E-state index in [1.54, 1.807) is 24.3 Å². The molecule has 18 heavy (non-hydrogen) atoms. The smallest absolute Gasteiger partial charge is 0.320 e. The number of ether oxygens (including phenoxy) is 1. The molecule has 0 radical (unpaired) electrons. The highest BCUT2D eigenvalue weighted by atomic mass is 35.5. The van der Waals surface area contributed by atoms with Crippen LogP contribution in [0, 0.1) is 0 Å². The van der Waals surface area contributed by atoms with Gasteiger partial charge < -0.3 is 15.6 Å². The van der Waals surface area contributed by atoms with Gasteiger partial charge in [-0.1, -0.05) is 12.1 Å². The quantitative estimate of drug-likeness (QED) is 0.752. The number of carboxylic acids is 1. The summed E-state index contributed by atoms with van der Waals surface area (Å²) in [5, 5.41) is 8.48. The normalized spacial score (nSPS) is 13.9. The number of carbonyl (C=O) groups is 1. The molecule has 0 aliphatic carbocycles. The van der Waals surface area contributed by atoms with Crippen molar-refractivity contribution in [3.8, 4) is 5.75 Å². The van der Waals surface area contributed by atoms with Crippen LogP contribution in [0.25, 0.3) is 0 Å². The van der Waals surface area contributed by atoms with Crippen LogP contribution >= 0.6 is 23.2 Å². The minimum Gasteiger partial charge on any atom is -0.492 e. The lowest BCUT2D eigenvalue weighted by Crippen LogP contribution is -2.32. The molecule has 6 heteroatoms. The van der Waals surface area contributed by atoms with Gasteiger partial charge in [-0.25, -0.2) is 0 Å². The SMILES string of the molecule is N[C@@H](Cc1cccc(OCC(Cl)CCl)c1)C(=O)O. The highest BCUT2D eigenvalue weighted by molar-refractivity contribution is 6.28. The number of alkyl halides is 2. The fourth-order valence-corrected chi connectivity index (χ4v) is 1.49. The molecule has 0 saturated heterocycles. The largest absolute Gasteiger partial charge is 0.492 e. The lowest BCUT2D eigenvalue weighted by molar-refractivity contribution is -0.138. The molecule has 3 N–H and O–H groups in total. The Labute approximate surface area is 116 Å².